The largest absolute Gasteiger partial charge is 0.486 e. The van der Waals surface area contributed by atoms with Gasteiger partial charge in [0, 0.05) is 17.5 Å². The van der Waals surface area contributed by atoms with Crippen LogP contribution in [0.5, 0.6) is 0 Å². The molecular weight excluding hydrogens is 342 g/mol. The fraction of sp³-hybridized carbons (Fsp3) is 0.471. The number of aromatic nitrogens is 1. The lowest BCUT2D eigenvalue weighted by Gasteiger charge is -2.27. The summed E-state index contributed by atoms with van der Waals surface area (Å²) >= 11 is 1.50. The fourth-order valence-corrected chi connectivity index (χ4v) is 3.83. The summed E-state index contributed by atoms with van der Waals surface area (Å²) in [7, 11) is 1.54. The summed E-state index contributed by atoms with van der Waals surface area (Å²) in [6.45, 7) is 6.12. The second kappa shape index (κ2) is 6.87. The first-order chi connectivity index (χ1) is 11.9. The number of nitrogens with one attached hydrogen (secondary N) is 1. The molecule has 2 aromatic rings. The molecule has 1 aliphatic heterocycles. The minimum Gasteiger partial charge on any atom is -0.486 e. The summed E-state index contributed by atoms with van der Waals surface area (Å²) < 4.78 is 15.8. The van der Waals surface area contributed by atoms with Crippen molar-refractivity contribution >= 4 is 34.4 Å². The molecule has 0 aliphatic carbocycles. The van der Waals surface area contributed by atoms with Crippen molar-refractivity contribution in [3.8, 4) is 11.3 Å². The van der Waals surface area contributed by atoms with Gasteiger partial charge in [0.15, 0.2) is 12.2 Å². The molecule has 1 atom stereocenters. The molecule has 1 aliphatic rings. The van der Waals surface area contributed by atoms with Crippen LogP contribution in [-0.2, 0) is 20.7 Å². The molecule has 0 amide bonds. The van der Waals surface area contributed by atoms with Crippen molar-refractivity contribution in [2.24, 2.45) is 10.9 Å². The zero-order chi connectivity index (χ0) is 18.0. The maximum absolute atomic E-state index is 12.4. The number of ether oxygens (including phenoxy) is 2. The second-order valence-corrected chi connectivity index (χ2v) is 7.83. The number of aliphatic imine (C=N–C) groups is 1. The number of thiophene rings is 1. The van der Waals surface area contributed by atoms with E-state index in [1.54, 1.807) is 19.4 Å². The SMILES string of the molecule is CO/C=N/c1sc2c(c1-c1ccno1)NCC(C(=O)OC(C)(C)C)C2. The number of carbonyl (C=O) groups is 1. The quantitative estimate of drug-likeness (QED) is 0.507. The Kier molecular flexibility index (Phi) is 4.80. The normalized spacial score (nSPS) is 17.2. The smallest absolute Gasteiger partial charge is 0.311 e. The molecule has 1 N–H and O–H groups in total. The van der Waals surface area contributed by atoms with Gasteiger partial charge in [-0.05, 0) is 27.2 Å². The first-order valence-corrected chi connectivity index (χ1v) is 8.79. The van der Waals surface area contributed by atoms with Crippen molar-refractivity contribution in [2.45, 2.75) is 32.8 Å². The molecule has 0 radical (unpaired) electrons. The van der Waals surface area contributed by atoms with Gasteiger partial charge in [-0.2, -0.15) is 0 Å². The predicted octanol–water partition coefficient (Wildman–Crippen LogP) is 3.64. The van der Waals surface area contributed by atoms with Crippen LogP contribution in [0, 0.1) is 5.92 Å². The number of rotatable bonds is 4. The second-order valence-electron chi connectivity index (χ2n) is 6.74. The molecule has 25 heavy (non-hydrogen) atoms. The van der Waals surface area contributed by atoms with Crippen LogP contribution < -0.4 is 5.32 Å². The Morgan fingerprint density at radius 3 is 2.96 bits per heavy atom. The van der Waals surface area contributed by atoms with Gasteiger partial charge in [-0.25, -0.2) is 4.99 Å². The number of esters is 1. The molecule has 1 unspecified atom stereocenters. The van der Waals surface area contributed by atoms with Crippen LogP contribution in [0.4, 0.5) is 10.7 Å². The summed E-state index contributed by atoms with van der Waals surface area (Å²) in [6.07, 6.45) is 3.57. The average molecular weight is 363 g/mol. The van der Waals surface area contributed by atoms with Gasteiger partial charge in [0.1, 0.15) is 10.6 Å². The Labute approximate surface area is 150 Å². The molecule has 134 valence electrons. The van der Waals surface area contributed by atoms with Gasteiger partial charge < -0.3 is 19.3 Å². The molecule has 3 rings (SSSR count). The summed E-state index contributed by atoms with van der Waals surface area (Å²) in [4.78, 5) is 17.8. The third kappa shape index (κ3) is 3.84. The third-order valence-corrected chi connectivity index (χ3v) is 4.74. The third-order valence-electron chi connectivity index (χ3n) is 3.62. The van der Waals surface area contributed by atoms with E-state index in [1.165, 1.54) is 17.7 Å². The summed E-state index contributed by atoms with van der Waals surface area (Å²) in [5, 5.41) is 7.87. The Morgan fingerprint density at radius 1 is 1.52 bits per heavy atom. The van der Waals surface area contributed by atoms with Crippen molar-refractivity contribution in [2.75, 3.05) is 19.0 Å². The molecule has 0 saturated heterocycles. The number of fused-ring (bicyclic) bond motifs is 1. The van der Waals surface area contributed by atoms with E-state index in [1.807, 2.05) is 20.8 Å². The van der Waals surface area contributed by atoms with Crippen LogP contribution in [0.15, 0.2) is 21.8 Å². The highest BCUT2D eigenvalue weighted by atomic mass is 32.1. The number of hydrogen-bond donors (Lipinski definition) is 1. The Bertz CT molecular complexity index is 775. The minimum atomic E-state index is -0.494. The van der Waals surface area contributed by atoms with Crippen molar-refractivity contribution in [3.05, 3.63) is 17.1 Å². The van der Waals surface area contributed by atoms with Crippen LogP contribution in [-0.4, -0.2) is 36.8 Å². The van der Waals surface area contributed by atoms with Gasteiger partial charge in [0.25, 0.3) is 0 Å². The van der Waals surface area contributed by atoms with E-state index >= 15 is 0 Å². The van der Waals surface area contributed by atoms with Crippen LogP contribution >= 0.6 is 11.3 Å². The number of carbonyl (C=O) groups excluding carboxylic acids is 1. The number of anilines is 1. The molecule has 3 heterocycles. The molecule has 7 nitrogen and oxygen atoms in total. The summed E-state index contributed by atoms with van der Waals surface area (Å²) in [5.74, 6) is 0.207. The average Bonchev–Trinajstić information content (AvgIpc) is 3.17. The monoisotopic (exact) mass is 363 g/mol. The molecular formula is C17H21N3O4S. The zero-order valence-electron chi connectivity index (χ0n) is 14.7. The Morgan fingerprint density at radius 2 is 2.32 bits per heavy atom. The standard InChI is InChI=1S/C17H21N3O4S/c1-17(2,3)23-16(21)10-7-12-14(18-8-10)13(11-5-6-20-24-11)15(25-12)19-9-22-4/h5-6,9-10,18H,7-8H2,1-4H3/b19-9+. The van der Waals surface area contributed by atoms with Crippen molar-refractivity contribution in [1.82, 2.24) is 5.16 Å². The highest BCUT2D eigenvalue weighted by molar-refractivity contribution is 7.17. The van der Waals surface area contributed by atoms with Gasteiger partial charge in [-0.3, -0.25) is 4.79 Å². The van der Waals surface area contributed by atoms with E-state index in [4.69, 9.17) is 14.0 Å². The topological polar surface area (TPSA) is 86.0 Å². The molecule has 2 aromatic heterocycles. The van der Waals surface area contributed by atoms with Gasteiger partial charge >= 0.3 is 5.97 Å². The summed E-state index contributed by atoms with van der Waals surface area (Å²) in [6, 6.07) is 1.79. The summed E-state index contributed by atoms with van der Waals surface area (Å²) in [5.41, 5.74) is 1.28. The highest BCUT2D eigenvalue weighted by Gasteiger charge is 2.33. The van der Waals surface area contributed by atoms with E-state index in [9.17, 15) is 4.79 Å². The van der Waals surface area contributed by atoms with Crippen molar-refractivity contribution < 1.29 is 18.8 Å². The van der Waals surface area contributed by atoms with Crippen LogP contribution in [0.3, 0.4) is 0 Å². The molecule has 0 aromatic carbocycles. The number of methoxy groups -OCH3 is 1. The molecule has 0 bridgehead atoms. The van der Waals surface area contributed by atoms with Crippen LogP contribution in [0.1, 0.15) is 25.6 Å². The lowest BCUT2D eigenvalue weighted by Crippen LogP contribution is -2.35. The minimum absolute atomic E-state index is 0.192. The first-order valence-electron chi connectivity index (χ1n) is 7.98. The van der Waals surface area contributed by atoms with Crippen LogP contribution in [0.2, 0.25) is 0 Å². The van der Waals surface area contributed by atoms with E-state index in [0.717, 1.165) is 21.1 Å². The maximum Gasteiger partial charge on any atom is 0.311 e. The molecule has 0 saturated carbocycles. The van der Waals surface area contributed by atoms with Crippen molar-refractivity contribution in [3.63, 3.8) is 0 Å². The van der Waals surface area contributed by atoms with E-state index in [-0.39, 0.29) is 11.9 Å². The van der Waals surface area contributed by atoms with Gasteiger partial charge in [0.05, 0.1) is 30.5 Å². The molecule has 8 heteroatoms. The van der Waals surface area contributed by atoms with Gasteiger partial charge in [0.2, 0.25) is 0 Å². The van der Waals surface area contributed by atoms with E-state index < -0.39 is 5.60 Å². The van der Waals surface area contributed by atoms with Crippen LogP contribution in [0.25, 0.3) is 11.3 Å². The molecule has 0 spiro atoms. The highest BCUT2D eigenvalue weighted by Crippen LogP contribution is 2.48. The lowest BCUT2D eigenvalue weighted by molar-refractivity contribution is -0.159. The number of hydrogen-bond acceptors (Lipinski definition) is 8. The first kappa shape index (κ1) is 17.5. The fourth-order valence-electron chi connectivity index (χ4n) is 2.63. The zero-order valence-corrected chi connectivity index (χ0v) is 15.5. The molecule has 0 fully saturated rings. The Hall–Kier alpha value is -2.35. The van der Waals surface area contributed by atoms with E-state index in [0.29, 0.717) is 18.7 Å². The van der Waals surface area contributed by atoms with Gasteiger partial charge in [-0.1, -0.05) is 5.16 Å². The van der Waals surface area contributed by atoms with Crippen molar-refractivity contribution in [1.29, 1.82) is 0 Å². The Balaban J connectivity index is 1.91. The number of nitrogens with zero attached hydrogens (tertiary/aromatic N) is 2. The maximum atomic E-state index is 12.4. The predicted molar refractivity (Wildman–Crippen MR) is 96.5 cm³/mol. The van der Waals surface area contributed by atoms with Gasteiger partial charge in [-0.15, -0.1) is 11.3 Å². The van der Waals surface area contributed by atoms with E-state index in [2.05, 4.69) is 15.5 Å². The lowest BCUT2D eigenvalue weighted by atomic mass is 9.98.